The number of benzene rings is 1. The zero-order valence-corrected chi connectivity index (χ0v) is 9.84. The molecule has 1 fully saturated rings. The van der Waals surface area contributed by atoms with Gasteiger partial charge in [-0.3, -0.25) is 10.1 Å². The van der Waals surface area contributed by atoms with E-state index in [1.807, 2.05) is 0 Å². The van der Waals surface area contributed by atoms with Crippen LogP contribution in [0.25, 0.3) is 0 Å². The van der Waals surface area contributed by atoms with Crippen molar-refractivity contribution in [3.05, 3.63) is 34.4 Å². The SMILES string of the molecule is O=[N+]([O-])c1ccccc1N[C@@H]1O[C@H](CO)[C@@H](O)[C@@H]1O. The Morgan fingerprint density at radius 1 is 1.32 bits per heavy atom. The zero-order chi connectivity index (χ0) is 14.0. The molecule has 0 bridgehead atoms. The highest BCUT2D eigenvalue weighted by atomic mass is 16.6. The molecule has 0 unspecified atom stereocenters. The van der Waals surface area contributed by atoms with Crippen LogP contribution in [0.4, 0.5) is 11.4 Å². The highest BCUT2D eigenvalue weighted by Crippen LogP contribution is 2.28. The molecule has 2 rings (SSSR count). The average molecular weight is 270 g/mol. The second-order valence-corrected chi connectivity index (χ2v) is 4.18. The summed E-state index contributed by atoms with van der Waals surface area (Å²) in [4.78, 5) is 10.3. The lowest BCUT2D eigenvalue weighted by atomic mass is 10.1. The summed E-state index contributed by atoms with van der Waals surface area (Å²) < 4.78 is 5.19. The molecule has 0 amide bonds. The standard InChI is InChI=1S/C11H14N2O6/c14-5-8-9(15)10(16)11(19-8)12-6-3-1-2-4-7(6)13(17)18/h1-4,8-12,14-16H,5H2/t8-,9-,10+,11-/m1/s1. The molecular formula is C11H14N2O6. The van der Waals surface area contributed by atoms with Crippen LogP contribution in [0.1, 0.15) is 0 Å². The van der Waals surface area contributed by atoms with Gasteiger partial charge in [-0.1, -0.05) is 12.1 Å². The van der Waals surface area contributed by atoms with Gasteiger partial charge in [-0.2, -0.15) is 0 Å². The number of aliphatic hydroxyl groups is 3. The molecular weight excluding hydrogens is 256 g/mol. The van der Waals surface area contributed by atoms with Gasteiger partial charge in [0.2, 0.25) is 0 Å². The zero-order valence-electron chi connectivity index (χ0n) is 9.84. The number of para-hydroxylation sites is 2. The van der Waals surface area contributed by atoms with E-state index in [4.69, 9.17) is 9.84 Å². The fourth-order valence-corrected chi connectivity index (χ4v) is 1.93. The molecule has 4 N–H and O–H groups in total. The van der Waals surface area contributed by atoms with E-state index in [1.165, 1.54) is 18.2 Å². The van der Waals surface area contributed by atoms with Gasteiger partial charge in [-0.25, -0.2) is 0 Å². The van der Waals surface area contributed by atoms with Crippen molar-refractivity contribution >= 4 is 11.4 Å². The largest absolute Gasteiger partial charge is 0.394 e. The lowest BCUT2D eigenvalue weighted by Gasteiger charge is -2.17. The Morgan fingerprint density at radius 2 is 2.00 bits per heavy atom. The predicted octanol–water partition coefficient (Wildman–Crippen LogP) is -0.554. The Morgan fingerprint density at radius 3 is 2.58 bits per heavy atom. The maximum atomic E-state index is 10.8. The van der Waals surface area contributed by atoms with Gasteiger partial charge in [0.05, 0.1) is 11.5 Å². The van der Waals surface area contributed by atoms with Gasteiger partial charge in [-0.05, 0) is 6.07 Å². The van der Waals surface area contributed by atoms with Crippen molar-refractivity contribution in [3.8, 4) is 0 Å². The van der Waals surface area contributed by atoms with Gasteiger partial charge in [0.1, 0.15) is 24.0 Å². The summed E-state index contributed by atoms with van der Waals surface area (Å²) >= 11 is 0. The molecule has 104 valence electrons. The number of aliphatic hydroxyl groups excluding tert-OH is 3. The quantitative estimate of drug-likeness (QED) is 0.427. The van der Waals surface area contributed by atoms with Gasteiger partial charge in [0.15, 0.2) is 6.23 Å². The number of ether oxygens (including phenoxy) is 1. The van der Waals surface area contributed by atoms with Crippen molar-refractivity contribution in [2.45, 2.75) is 24.5 Å². The van der Waals surface area contributed by atoms with E-state index in [0.717, 1.165) is 0 Å². The van der Waals surface area contributed by atoms with Crippen molar-refractivity contribution in [1.82, 2.24) is 0 Å². The van der Waals surface area contributed by atoms with E-state index in [0.29, 0.717) is 0 Å². The maximum absolute atomic E-state index is 10.8. The summed E-state index contributed by atoms with van der Waals surface area (Å²) in [5.74, 6) is 0. The van der Waals surface area contributed by atoms with E-state index in [2.05, 4.69) is 5.32 Å². The van der Waals surface area contributed by atoms with Crippen molar-refractivity contribution in [3.63, 3.8) is 0 Å². The molecule has 1 aromatic carbocycles. The molecule has 0 radical (unpaired) electrons. The highest BCUT2D eigenvalue weighted by molar-refractivity contribution is 5.61. The molecule has 8 heteroatoms. The van der Waals surface area contributed by atoms with Crippen LogP contribution in [-0.2, 0) is 4.74 Å². The van der Waals surface area contributed by atoms with Crippen LogP contribution in [0, 0.1) is 10.1 Å². The van der Waals surface area contributed by atoms with E-state index < -0.39 is 36.1 Å². The number of hydrogen-bond acceptors (Lipinski definition) is 7. The number of anilines is 1. The molecule has 1 aliphatic rings. The maximum Gasteiger partial charge on any atom is 0.292 e. The number of nitrogens with zero attached hydrogens (tertiary/aromatic N) is 1. The highest BCUT2D eigenvalue weighted by Gasteiger charge is 2.42. The minimum Gasteiger partial charge on any atom is -0.394 e. The van der Waals surface area contributed by atoms with Gasteiger partial charge < -0.3 is 25.4 Å². The van der Waals surface area contributed by atoms with Crippen molar-refractivity contribution in [2.24, 2.45) is 0 Å². The van der Waals surface area contributed by atoms with E-state index in [1.54, 1.807) is 6.07 Å². The summed E-state index contributed by atoms with van der Waals surface area (Å²) in [6, 6.07) is 5.88. The molecule has 1 aromatic rings. The Bertz CT molecular complexity index is 468. The summed E-state index contributed by atoms with van der Waals surface area (Å²) in [5, 5.41) is 41.7. The van der Waals surface area contributed by atoms with E-state index >= 15 is 0 Å². The van der Waals surface area contributed by atoms with Gasteiger partial charge in [0.25, 0.3) is 5.69 Å². The number of rotatable bonds is 4. The molecule has 8 nitrogen and oxygen atoms in total. The van der Waals surface area contributed by atoms with Crippen LogP contribution in [0.3, 0.4) is 0 Å². The molecule has 0 saturated carbocycles. The smallest absolute Gasteiger partial charge is 0.292 e. The third kappa shape index (κ3) is 2.66. The third-order valence-corrected chi connectivity index (χ3v) is 2.94. The normalized spacial score (nSPS) is 30.3. The van der Waals surface area contributed by atoms with E-state index in [-0.39, 0.29) is 11.4 Å². The number of nitrogens with one attached hydrogen (secondary N) is 1. The lowest BCUT2D eigenvalue weighted by Crippen LogP contribution is -2.36. The average Bonchev–Trinajstić information content (AvgIpc) is 2.67. The van der Waals surface area contributed by atoms with Crippen molar-refractivity contribution < 1.29 is 25.0 Å². The van der Waals surface area contributed by atoms with Crippen LogP contribution in [0.5, 0.6) is 0 Å². The summed E-state index contributed by atoms with van der Waals surface area (Å²) in [5.41, 5.74) is 0.00239. The van der Waals surface area contributed by atoms with Gasteiger partial charge in [-0.15, -0.1) is 0 Å². The monoisotopic (exact) mass is 270 g/mol. The molecule has 4 atom stereocenters. The molecule has 1 heterocycles. The molecule has 0 aromatic heterocycles. The molecule has 0 aliphatic carbocycles. The third-order valence-electron chi connectivity index (χ3n) is 2.94. The minimum absolute atomic E-state index is 0.166. The number of nitro groups is 1. The Labute approximate surface area is 108 Å². The van der Waals surface area contributed by atoms with Crippen LogP contribution in [-0.4, -0.2) is 51.4 Å². The van der Waals surface area contributed by atoms with Crippen LogP contribution >= 0.6 is 0 Å². The second kappa shape index (κ2) is 5.49. The first kappa shape index (κ1) is 13.7. The fraction of sp³-hybridized carbons (Fsp3) is 0.455. The van der Waals surface area contributed by atoms with Crippen LogP contribution in [0.15, 0.2) is 24.3 Å². The first-order valence-corrected chi connectivity index (χ1v) is 5.67. The second-order valence-electron chi connectivity index (χ2n) is 4.18. The minimum atomic E-state index is -1.28. The fourth-order valence-electron chi connectivity index (χ4n) is 1.93. The van der Waals surface area contributed by atoms with Crippen LogP contribution < -0.4 is 5.32 Å². The Kier molecular flexibility index (Phi) is 3.96. The Hall–Kier alpha value is -1.74. The van der Waals surface area contributed by atoms with Crippen LogP contribution in [0.2, 0.25) is 0 Å². The summed E-state index contributed by atoms with van der Waals surface area (Å²) in [6.07, 6.45) is -4.47. The van der Waals surface area contributed by atoms with Gasteiger partial charge in [0, 0.05) is 6.07 Å². The lowest BCUT2D eigenvalue weighted by molar-refractivity contribution is -0.384. The molecule has 0 spiro atoms. The number of hydrogen-bond donors (Lipinski definition) is 4. The first-order chi connectivity index (χ1) is 9.04. The topological polar surface area (TPSA) is 125 Å². The van der Waals surface area contributed by atoms with Crippen molar-refractivity contribution in [1.29, 1.82) is 0 Å². The first-order valence-electron chi connectivity index (χ1n) is 5.67. The molecule has 1 saturated heterocycles. The number of nitro benzene ring substituents is 1. The summed E-state index contributed by atoms with van der Waals surface area (Å²) in [6.45, 7) is -0.451. The van der Waals surface area contributed by atoms with Gasteiger partial charge >= 0.3 is 0 Å². The summed E-state index contributed by atoms with van der Waals surface area (Å²) in [7, 11) is 0. The predicted molar refractivity (Wildman–Crippen MR) is 64.5 cm³/mol. The van der Waals surface area contributed by atoms with Crippen molar-refractivity contribution in [2.75, 3.05) is 11.9 Å². The molecule has 19 heavy (non-hydrogen) atoms. The molecule has 1 aliphatic heterocycles. The Balaban J connectivity index is 2.16. The van der Waals surface area contributed by atoms with E-state index in [9.17, 15) is 20.3 Å².